The monoisotopic (exact) mass is 158 g/mol. The molecular formula is C11H10O. The van der Waals surface area contributed by atoms with Gasteiger partial charge >= 0.3 is 0 Å². The molecule has 0 unspecified atom stereocenters. The SMILES string of the molecule is CC1=C2C3=CC=C(C3)C2=C[C@@H]1O. The molecule has 1 heteroatoms. The van der Waals surface area contributed by atoms with Crippen LogP contribution in [-0.2, 0) is 0 Å². The second kappa shape index (κ2) is 1.80. The van der Waals surface area contributed by atoms with Gasteiger partial charge in [0.05, 0.1) is 6.10 Å². The molecule has 0 radical (unpaired) electrons. The number of rotatable bonds is 0. The molecule has 0 aromatic rings. The molecule has 1 fully saturated rings. The van der Waals surface area contributed by atoms with Crippen LogP contribution in [0.1, 0.15) is 13.3 Å². The molecule has 1 atom stereocenters. The van der Waals surface area contributed by atoms with E-state index in [2.05, 4.69) is 12.2 Å². The normalized spacial score (nSPS) is 30.5. The maximum Gasteiger partial charge on any atom is 0.0947 e. The molecule has 3 aliphatic carbocycles. The summed E-state index contributed by atoms with van der Waals surface area (Å²) in [5.74, 6) is 0. The third-order valence-corrected chi connectivity index (χ3v) is 2.97. The Labute approximate surface area is 71.4 Å². The van der Waals surface area contributed by atoms with Crippen molar-refractivity contribution in [2.75, 3.05) is 0 Å². The largest absolute Gasteiger partial charge is 0.385 e. The van der Waals surface area contributed by atoms with Crippen LogP contribution in [0.5, 0.6) is 0 Å². The molecule has 1 N–H and O–H groups in total. The van der Waals surface area contributed by atoms with Crippen molar-refractivity contribution in [3.8, 4) is 0 Å². The first-order valence-corrected chi connectivity index (χ1v) is 4.29. The zero-order valence-corrected chi connectivity index (χ0v) is 6.96. The van der Waals surface area contributed by atoms with E-state index in [1.54, 1.807) is 0 Å². The summed E-state index contributed by atoms with van der Waals surface area (Å²) in [5, 5.41) is 9.58. The van der Waals surface area contributed by atoms with Gasteiger partial charge in [0.15, 0.2) is 0 Å². The summed E-state index contributed by atoms with van der Waals surface area (Å²) in [6, 6.07) is 0. The minimum absolute atomic E-state index is 0.333. The molecule has 2 bridgehead atoms. The van der Waals surface area contributed by atoms with Crippen LogP contribution in [-0.4, -0.2) is 11.2 Å². The zero-order chi connectivity index (χ0) is 8.29. The fraction of sp³-hybridized carbons (Fsp3) is 0.273. The number of aliphatic hydroxyl groups excluding tert-OH is 1. The van der Waals surface area contributed by atoms with Gasteiger partial charge in [-0.15, -0.1) is 0 Å². The van der Waals surface area contributed by atoms with E-state index in [-0.39, 0.29) is 6.10 Å². The summed E-state index contributed by atoms with van der Waals surface area (Å²) in [5.41, 5.74) is 6.51. The second-order valence-electron chi connectivity index (χ2n) is 3.64. The van der Waals surface area contributed by atoms with E-state index >= 15 is 0 Å². The summed E-state index contributed by atoms with van der Waals surface area (Å²) in [6.07, 6.45) is 7.06. The van der Waals surface area contributed by atoms with E-state index in [0.29, 0.717) is 0 Å². The van der Waals surface area contributed by atoms with Crippen molar-refractivity contribution in [2.24, 2.45) is 0 Å². The van der Waals surface area contributed by atoms with Crippen LogP contribution in [0.4, 0.5) is 0 Å². The van der Waals surface area contributed by atoms with Gasteiger partial charge in [0.2, 0.25) is 0 Å². The topological polar surface area (TPSA) is 20.2 Å². The van der Waals surface area contributed by atoms with E-state index in [1.807, 2.05) is 13.0 Å². The van der Waals surface area contributed by atoms with Crippen molar-refractivity contribution in [1.82, 2.24) is 0 Å². The number of allylic oxidation sites excluding steroid dienone is 6. The molecule has 0 spiro atoms. The Morgan fingerprint density at radius 3 is 2.83 bits per heavy atom. The van der Waals surface area contributed by atoms with Gasteiger partial charge in [-0.3, -0.25) is 0 Å². The molecule has 12 heavy (non-hydrogen) atoms. The van der Waals surface area contributed by atoms with E-state index in [4.69, 9.17) is 0 Å². The summed E-state index contributed by atoms with van der Waals surface area (Å²) in [7, 11) is 0. The summed E-state index contributed by atoms with van der Waals surface area (Å²) >= 11 is 0. The Morgan fingerprint density at radius 1 is 1.33 bits per heavy atom. The van der Waals surface area contributed by atoms with Gasteiger partial charge in [0.25, 0.3) is 0 Å². The fourth-order valence-corrected chi connectivity index (χ4v) is 2.30. The Morgan fingerprint density at radius 2 is 2.08 bits per heavy atom. The van der Waals surface area contributed by atoms with Crippen molar-refractivity contribution in [1.29, 1.82) is 0 Å². The minimum atomic E-state index is -0.333. The van der Waals surface area contributed by atoms with Crippen molar-refractivity contribution in [2.45, 2.75) is 19.4 Å². The molecular weight excluding hydrogens is 148 g/mol. The van der Waals surface area contributed by atoms with Crippen LogP contribution >= 0.6 is 0 Å². The maximum atomic E-state index is 9.58. The second-order valence-corrected chi connectivity index (χ2v) is 3.64. The molecule has 0 amide bonds. The van der Waals surface area contributed by atoms with E-state index in [9.17, 15) is 5.11 Å². The number of fused-ring (bicyclic) bond motifs is 5. The van der Waals surface area contributed by atoms with Gasteiger partial charge in [-0.1, -0.05) is 12.2 Å². The first-order valence-electron chi connectivity index (χ1n) is 4.29. The lowest BCUT2D eigenvalue weighted by atomic mass is 10.0. The van der Waals surface area contributed by atoms with Crippen LogP contribution in [0.2, 0.25) is 0 Å². The van der Waals surface area contributed by atoms with Crippen molar-refractivity contribution < 1.29 is 5.11 Å². The lowest BCUT2D eigenvalue weighted by molar-refractivity contribution is 0.261. The highest BCUT2D eigenvalue weighted by molar-refractivity contribution is 5.74. The minimum Gasteiger partial charge on any atom is -0.385 e. The molecule has 60 valence electrons. The third-order valence-electron chi connectivity index (χ3n) is 2.97. The molecule has 1 saturated carbocycles. The molecule has 0 saturated heterocycles. The molecule has 0 heterocycles. The van der Waals surface area contributed by atoms with Crippen LogP contribution in [0.15, 0.2) is 46.1 Å². The summed E-state index contributed by atoms with van der Waals surface area (Å²) in [6.45, 7) is 2.02. The predicted molar refractivity (Wildman–Crippen MR) is 47.6 cm³/mol. The highest BCUT2D eigenvalue weighted by Gasteiger charge is 2.34. The third kappa shape index (κ3) is 0.549. The number of hydrogen-bond acceptors (Lipinski definition) is 1. The molecule has 3 aliphatic rings. The van der Waals surface area contributed by atoms with E-state index < -0.39 is 0 Å². The highest BCUT2D eigenvalue weighted by Crippen LogP contribution is 2.49. The molecule has 1 nitrogen and oxygen atoms in total. The molecule has 0 aromatic carbocycles. The van der Waals surface area contributed by atoms with Gasteiger partial charge < -0.3 is 5.11 Å². The molecule has 0 aromatic heterocycles. The first kappa shape index (κ1) is 6.44. The molecule has 3 rings (SSSR count). The number of aliphatic hydroxyl groups is 1. The average Bonchev–Trinajstić information content (AvgIpc) is 2.66. The van der Waals surface area contributed by atoms with Gasteiger partial charge in [-0.2, -0.15) is 0 Å². The van der Waals surface area contributed by atoms with Gasteiger partial charge in [0.1, 0.15) is 0 Å². The lowest BCUT2D eigenvalue weighted by Gasteiger charge is -2.04. The van der Waals surface area contributed by atoms with E-state index in [1.165, 1.54) is 22.3 Å². The quantitative estimate of drug-likeness (QED) is 0.570. The Bertz CT molecular complexity index is 391. The first-order chi connectivity index (χ1) is 5.77. The van der Waals surface area contributed by atoms with Crippen LogP contribution in [0.25, 0.3) is 0 Å². The Balaban J connectivity index is 2.28. The Hall–Kier alpha value is -1.08. The van der Waals surface area contributed by atoms with Crippen LogP contribution in [0.3, 0.4) is 0 Å². The van der Waals surface area contributed by atoms with Crippen molar-refractivity contribution in [3.63, 3.8) is 0 Å². The van der Waals surface area contributed by atoms with Crippen molar-refractivity contribution >= 4 is 0 Å². The summed E-state index contributed by atoms with van der Waals surface area (Å²) in [4.78, 5) is 0. The molecule has 0 aliphatic heterocycles. The lowest BCUT2D eigenvalue weighted by Crippen LogP contribution is -2.00. The van der Waals surface area contributed by atoms with Gasteiger partial charge in [0, 0.05) is 0 Å². The zero-order valence-electron chi connectivity index (χ0n) is 6.96. The van der Waals surface area contributed by atoms with E-state index in [0.717, 1.165) is 12.0 Å². The fourth-order valence-electron chi connectivity index (χ4n) is 2.30. The predicted octanol–water partition coefficient (Wildman–Crippen LogP) is 1.87. The Kier molecular flexibility index (Phi) is 0.968. The maximum absolute atomic E-state index is 9.58. The van der Waals surface area contributed by atoms with Gasteiger partial charge in [-0.25, -0.2) is 0 Å². The highest BCUT2D eigenvalue weighted by atomic mass is 16.3. The number of hydrogen-bond donors (Lipinski definition) is 1. The smallest absolute Gasteiger partial charge is 0.0947 e. The standard InChI is InChI=1S/C11H10O/c1-6-10(12)5-9-7-2-3-8(4-7)11(6)9/h2-3,5,10,12H,4H2,1H3/t10-/m0/s1. The van der Waals surface area contributed by atoms with Crippen molar-refractivity contribution in [3.05, 3.63) is 46.1 Å². The van der Waals surface area contributed by atoms with Crippen LogP contribution < -0.4 is 0 Å². The van der Waals surface area contributed by atoms with Crippen LogP contribution in [0, 0.1) is 0 Å². The van der Waals surface area contributed by atoms with Gasteiger partial charge in [-0.05, 0) is 47.3 Å². The average molecular weight is 158 g/mol. The summed E-state index contributed by atoms with van der Waals surface area (Å²) < 4.78 is 0.